The molecule has 1 rings (SSSR count). The SMILES string of the molecule is CC(C)(C)OC(=O)NC(CNC(=O)OCc1ccccc1)C(=O)O. The van der Waals surface area contributed by atoms with Crippen molar-refractivity contribution in [3.8, 4) is 0 Å². The molecule has 1 unspecified atom stereocenters. The van der Waals surface area contributed by atoms with Gasteiger partial charge >= 0.3 is 18.2 Å². The van der Waals surface area contributed by atoms with Crippen molar-refractivity contribution in [3.63, 3.8) is 0 Å². The van der Waals surface area contributed by atoms with Gasteiger partial charge in [0, 0.05) is 0 Å². The zero-order valence-electron chi connectivity index (χ0n) is 13.9. The number of carbonyl (C=O) groups is 3. The van der Waals surface area contributed by atoms with Crippen LogP contribution in [0.3, 0.4) is 0 Å². The number of aliphatic carboxylic acids is 1. The molecule has 0 aliphatic carbocycles. The fourth-order valence-corrected chi connectivity index (χ4v) is 1.61. The molecule has 1 aromatic carbocycles. The first-order valence-corrected chi connectivity index (χ1v) is 7.34. The minimum absolute atomic E-state index is 0.0594. The Hall–Kier alpha value is -2.77. The number of carboxylic acid groups (broad SMARTS) is 1. The first kappa shape index (κ1) is 19.3. The largest absolute Gasteiger partial charge is 0.480 e. The Balaban J connectivity index is 2.41. The molecule has 2 amide bonds. The highest BCUT2D eigenvalue weighted by molar-refractivity contribution is 5.81. The summed E-state index contributed by atoms with van der Waals surface area (Å²) >= 11 is 0. The maximum atomic E-state index is 11.6. The monoisotopic (exact) mass is 338 g/mol. The number of rotatable bonds is 6. The van der Waals surface area contributed by atoms with E-state index in [9.17, 15) is 14.4 Å². The lowest BCUT2D eigenvalue weighted by molar-refractivity contribution is -0.139. The van der Waals surface area contributed by atoms with E-state index in [1.165, 1.54) is 0 Å². The predicted molar refractivity (Wildman–Crippen MR) is 85.4 cm³/mol. The Morgan fingerprint density at radius 3 is 2.29 bits per heavy atom. The Bertz CT molecular complexity index is 568. The summed E-state index contributed by atoms with van der Waals surface area (Å²) in [4.78, 5) is 34.3. The molecule has 0 saturated heterocycles. The standard InChI is InChI=1S/C16H22N2O6/c1-16(2,3)24-15(22)18-12(13(19)20)9-17-14(21)23-10-11-7-5-4-6-8-11/h4-8,12H,9-10H2,1-3H3,(H,17,21)(H,18,22)(H,19,20). The Morgan fingerprint density at radius 1 is 1.12 bits per heavy atom. The lowest BCUT2D eigenvalue weighted by atomic mass is 10.2. The van der Waals surface area contributed by atoms with Gasteiger partial charge in [-0.15, -0.1) is 0 Å². The molecule has 3 N–H and O–H groups in total. The molecule has 0 radical (unpaired) electrons. The number of carboxylic acids is 1. The molecule has 0 aliphatic heterocycles. The van der Waals surface area contributed by atoms with E-state index >= 15 is 0 Å². The molecule has 24 heavy (non-hydrogen) atoms. The third-order valence-corrected chi connectivity index (χ3v) is 2.65. The lowest BCUT2D eigenvalue weighted by Gasteiger charge is -2.22. The molecule has 8 heteroatoms. The van der Waals surface area contributed by atoms with Gasteiger partial charge in [0.2, 0.25) is 0 Å². The summed E-state index contributed by atoms with van der Waals surface area (Å²) in [6, 6.07) is 7.70. The van der Waals surface area contributed by atoms with Crippen molar-refractivity contribution in [1.29, 1.82) is 0 Å². The molecule has 132 valence electrons. The van der Waals surface area contributed by atoms with Crippen LogP contribution in [0.4, 0.5) is 9.59 Å². The van der Waals surface area contributed by atoms with E-state index in [0.717, 1.165) is 5.56 Å². The highest BCUT2D eigenvalue weighted by Crippen LogP contribution is 2.06. The minimum atomic E-state index is -1.33. The van der Waals surface area contributed by atoms with Crippen LogP contribution in [0.2, 0.25) is 0 Å². The van der Waals surface area contributed by atoms with Crippen LogP contribution >= 0.6 is 0 Å². The van der Waals surface area contributed by atoms with E-state index in [2.05, 4.69) is 10.6 Å². The number of ether oxygens (including phenoxy) is 2. The van der Waals surface area contributed by atoms with Gasteiger partial charge in [0.1, 0.15) is 18.2 Å². The lowest BCUT2D eigenvalue weighted by Crippen LogP contribution is -2.49. The summed E-state index contributed by atoms with van der Waals surface area (Å²) in [7, 11) is 0. The zero-order chi connectivity index (χ0) is 18.2. The Morgan fingerprint density at radius 2 is 1.75 bits per heavy atom. The topological polar surface area (TPSA) is 114 Å². The van der Waals surface area contributed by atoms with Gasteiger partial charge in [0.15, 0.2) is 0 Å². The number of amides is 2. The molecule has 8 nitrogen and oxygen atoms in total. The molecule has 0 spiro atoms. The summed E-state index contributed by atoms with van der Waals surface area (Å²) in [6.45, 7) is 4.69. The number of benzene rings is 1. The van der Waals surface area contributed by atoms with Crippen LogP contribution in [-0.4, -0.2) is 41.4 Å². The summed E-state index contributed by atoms with van der Waals surface area (Å²) in [5.41, 5.74) is 0.0455. The van der Waals surface area contributed by atoms with Gasteiger partial charge in [0.05, 0.1) is 6.54 Å². The van der Waals surface area contributed by atoms with E-state index in [1.807, 2.05) is 18.2 Å². The van der Waals surface area contributed by atoms with Crippen molar-refractivity contribution in [3.05, 3.63) is 35.9 Å². The first-order valence-electron chi connectivity index (χ1n) is 7.34. The van der Waals surface area contributed by atoms with Gasteiger partial charge < -0.3 is 25.2 Å². The molecule has 0 saturated carbocycles. The fraction of sp³-hybridized carbons (Fsp3) is 0.438. The fourth-order valence-electron chi connectivity index (χ4n) is 1.61. The second-order valence-electron chi connectivity index (χ2n) is 5.98. The van der Waals surface area contributed by atoms with Crippen LogP contribution in [-0.2, 0) is 20.9 Å². The summed E-state index contributed by atoms with van der Waals surface area (Å²) in [5, 5.41) is 13.5. The van der Waals surface area contributed by atoms with Gasteiger partial charge in [-0.2, -0.15) is 0 Å². The van der Waals surface area contributed by atoms with E-state index in [0.29, 0.717) is 0 Å². The van der Waals surface area contributed by atoms with Crippen LogP contribution in [0.15, 0.2) is 30.3 Å². The molecule has 1 atom stereocenters. The third-order valence-electron chi connectivity index (χ3n) is 2.65. The van der Waals surface area contributed by atoms with E-state index in [-0.39, 0.29) is 13.2 Å². The summed E-state index contributed by atoms with van der Waals surface area (Å²) in [6.07, 6.45) is -1.66. The van der Waals surface area contributed by atoms with Crippen LogP contribution in [0.25, 0.3) is 0 Å². The highest BCUT2D eigenvalue weighted by Gasteiger charge is 2.24. The van der Waals surface area contributed by atoms with Crippen molar-refractivity contribution in [1.82, 2.24) is 10.6 Å². The van der Waals surface area contributed by atoms with Crippen molar-refractivity contribution in [2.45, 2.75) is 39.0 Å². The average molecular weight is 338 g/mol. The molecule has 0 heterocycles. The summed E-state index contributed by atoms with van der Waals surface area (Å²) < 4.78 is 9.93. The molecule has 0 aromatic heterocycles. The van der Waals surface area contributed by atoms with E-state index < -0.39 is 29.8 Å². The predicted octanol–water partition coefficient (Wildman–Crippen LogP) is 1.89. The van der Waals surface area contributed by atoms with Gasteiger partial charge in [-0.05, 0) is 26.3 Å². The average Bonchev–Trinajstić information content (AvgIpc) is 2.48. The van der Waals surface area contributed by atoms with Crippen LogP contribution < -0.4 is 10.6 Å². The normalized spacial score (nSPS) is 12.0. The number of alkyl carbamates (subject to hydrolysis) is 2. The second-order valence-corrected chi connectivity index (χ2v) is 5.98. The molecule has 0 bridgehead atoms. The van der Waals surface area contributed by atoms with Gasteiger partial charge in [-0.25, -0.2) is 14.4 Å². The first-order chi connectivity index (χ1) is 11.2. The molecule has 0 aliphatic rings. The van der Waals surface area contributed by atoms with Gasteiger partial charge in [0.25, 0.3) is 0 Å². The Kier molecular flexibility index (Phi) is 7.03. The molecule has 1 aromatic rings. The quantitative estimate of drug-likeness (QED) is 0.730. The van der Waals surface area contributed by atoms with Crippen LogP contribution in [0, 0.1) is 0 Å². The molecule has 0 fully saturated rings. The zero-order valence-corrected chi connectivity index (χ0v) is 13.9. The number of hydrogen-bond acceptors (Lipinski definition) is 5. The highest BCUT2D eigenvalue weighted by atomic mass is 16.6. The van der Waals surface area contributed by atoms with Crippen LogP contribution in [0.1, 0.15) is 26.3 Å². The van der Waals surface area contributed by atoms with E-state index in [1.54, 1.807) is 32.9 Å². The van der Waals surface area contributed by atoms with Crippen LogP contribution in [0.5, 0.6) is 0 Å². The number of nitrogens with one attached hydrogen (secondary N) is 2. The van der Waals surface area contributed by atoms with Crippen molar-refractivity contribution in [2.24, 2.45) is 0 Å². The smallest absolute Gasteiger partial charge is 0.408 e. The summed E-state index contributed by atoms with van der Waals surface area (Å²) in [5.74, 6) is -1.30. The van der Waals surface area contributed by atoms with Gasteiger partial charge in [-0.3, -0.25) is 0 Å². The van der Waals surface area contributed by atoms with Crippen molar-refractivity contribution < 1.29 is 29.0 Å². The van der Waals surface area contributed by atoms with E-state index in [4.69, 9.17) is 14.6 Å². The molecular formula is C16H22N2O6. The second kappa shape index (κ2) is 8.76. The van der Waals surface area contributed by atoms with Gasteiger partial charge in [-0.1, -0.05) is 30.3 Å². The van der Waals surface area contributed by atoms with Crippen molar-refractivity contribution >= 4 is 18.2 Å². The maximum Gasteiger partial charge on any atom is 0.408 e. The van der Waals surface area contributed by atoms with Crippen molar-refractivity contribution in [2.75, 3.05) is 6.54 Å². The Labute approximate surface area is 140 Å². The maximum absolute atomic E-state index is 11.6. The molecular weight excluding hydrogens is 316 g/mol. The number of carbonyl (C=O) groups excluding carboxylic acids is 2. The third kappa shape index (κ3) is 8.02. The minimum Gasteiger partial charge on any atom is -0.480 e. The number of hydrogen-bond donors (Lipinski definition) is 3.